The van der Waals surface area contributed by atoms with Crippen LogP contribution < -0.4 is 10.6 Å². The van der Waals surface area contributed by atoms with Crippen LogP contribution in [0.15, 0.2) is 53.7 Å². The van der Waals surface area contributed by atoms with E-state index in [1.165, 1.54) is 43.5 Å². The van der Waals surface area contributed by atoms with Crippen molar-refractivity contribution in [2.75, 3.05) is 20.1 Å². The fraction of sp³-hybridized carbons (Fsp3) is 0.409. The molecule has 3 aromatic rings. The number of fused-ring (bicyclic) bond motifs is 1. The first-order valence-corrected chi connectivity index (χ1v) is 10.4. The van der Waals surface area contributed by atoms with Crippen molar-refractivity contribution in [1.82, 2.24) is 30.1 Å². The highest BCUT2D eigenvalue weighted by Gasteiger charge is 2.13. The summed E-state index contributed by atoms with van der Waals surface area (Å²) in [6.45, 7) is 4.73. The van der Waals surface area contributed by atoms with E-state index in [0.29, 0.717) is 6.54 Å². The van der Waals surface area contributed by atoms with Crippen molar-refractivity contribution in [2.24, 2.45) is 4.99 Å². The summed E-state index contributed by atoms with van der Waals surface area (Å²) in [7, 11) is 1.79. The van der Waals surface area contributed by atoms with Crippen molar-refractivity contribution < 1.29 is 0 Å². The Morgan fingerprint density at radius 2 is 1.69 bits per heavy atom. The molecule has 1 aromatic carbocycles. The molecule has 1 aliphatic heterocycles. The van der Waals surface area contributed by atoms with Crippen molar-refractivity contribution in [3.63, 3.8) is 0 Å². The molecule has 0 aliphatic carbocycles. The Kier molecular flexibility index (Phi) is 6.36. The Balaban J connectivity index is 1.35. The highest BCUT2D eigenvalue weighted by atomic mass is 15.3. The summed E-state index contributed by atoms with van der Waals surface area (Å²) in [6.07, 6.45) is 5.96. The van der Waals surface area contributed by atoms with Crippen LogP contribution in [0.4, 0.5) is 0 Å². The third-order valence-electron chi connectivity index (χ3n) is 5.43. The quantitative estimate of drug-likeness (QED) is 0.499. The number of hydrogen-bond donors (Lipinski definition) is 2. The zero-order chi connectivity index (χ0) is 19.9. The molecule has 4 rings (SSSR count). The van der Waals surface area contributed by atoms with Crippen LogP contribution in [0, 0.1) is 0 Å². The van der Waals surface area contributed by atoms with E-state index >= 15 is 0 Å². The molecular weight excluding hydrogens is 362 g/mol. The Bertz CT molecular complexity index is 956. The minimum absolute atomic E-state index is 0.556. The molecule has 0 unspecified atom stereocenters. The van der Waals surface area contributed by atoms with Gasteiger partial charge in [0, 0.05) is 26.3 Å². The minimum Gasteiger partial charge on any atom is -0.352 e. The van der Waals surface area contributed by atoms with Gasteiger partial charge in [0.25, 0.3) is 0 Å². The molecule has 1 aliphatic rings. The Morgan fingerprint density at radius 1 is 0.931 bits per heavy atom. The summed E-state index contributed by atoms with van der Waals surface area (Å²) in [6, 6.07) is 14.6. The number of nitrogens with one attached hydrogen (secondary N) is 2. The zero-order valence-electron chi connectivity index (χ0n) is 17.0. The van der Waals surface area contributed by atoms with Crippen molar-refractivity contribution in [2.45, 2.75) is 38.9 Å². The Morgan fingerprint density at radius 3 is 2.52 bits per heavy atom. The third-order valence-corrected chi connectivity index (χ3v) is 5.43. The third kappa shape index (κ3) is 4.92. The number of pyridine rings is 1. The predicted molar refractivity (Wildman–Crippen MR) is 116 cm³/mol. The standard InChI is InChI=1S/C22H29N7/c1-23-22(25-16-21-27-26-20-11-5-8-14-29(20)21)24-15-18-9-3-4-10-19(18)17-28-12-6-2-7-13-28/h3-5,8-11,14H,2,6-7,12-13,15-17H2,1H3,(H2,23,24,25). The SMILES string of the molecule is CN=C(NCc1ccccc1CN1CCCCC1)NCc1nnc2ccccn12. The molecule has 0 bridgehead atoms. The molecule has 1 saturated heterocycles. The Labute approximate surface area is 171 Å². The topological polar surface area (TPSA) is 69.8 Å². The van der Waals surface area contributed by atoms with Crippen LogP contribution in [0.25, 0.3) is 5.65 Å². The van der Waals surface area contributed by atoms with E-state index < -0.39 is 0 Å². The maximum atomic E-state index is 4.35. The van der Waals surface area contributed by atoms with Gasteiger partial charge < -0.3 is 10.6 Å². The molecule has 7 heteroatoms. The van der Waals surface area contributed by atoms with Gasteiger partial charge in [-0.2, -0.15) is 0 Å². The van der Waals surface area contributed by atoms with Gasteiger partial charge in [0.1, 0.15) is 0 Å². The van der Waals surface area contributed by atoms with Gasteiger partial charge in [-0.3, -0.25) is 14.3 Å². The lowest BCUT2D eigenvalue weighted by Crippen LogP contribution is -2.37. The van der Waals surface area contributed by atoms with Crippen molar-refractivity contribution in [1.29, 1.82) is 0 Å². The average molecular weight is 392 g/mol. The molecular formula is C22H29N7. The van der Waals surface area contributed by atoms with E-state index in [2.05, 4.69) is 55.0 Å². The van der Waals surface area contributed by atoms with E-state index in [0.717, 1.165) is 30.5 Å². The molecule has 2 aromatic heterocycles. The Hall–Kier alpha value is -2.93. The predicted octanol–water partition coefficient (Wildman–Crippen LogP) is 2.58. The molecule has 1 fully saturated rings. The lowest BCUT2D eigenvalue weighted by molar-refractivity contribution is 0.220. The van der Waals surface area contributed by atoms with Gasteiger partial charge in [-0.15, -0.1) is 10.2 Å². The summed E-state index contributed by atoms with van der Waals surface area (Å²) in [5, 5.41) is 15.2. The maximum Gasteiger partial charge on any atom is 0.191 e. The van der Waals surface area contributed by atoms with E-state index in [1.54, 1.807) is 7.05 Å². The van der Waals surface area contributed by atoms with Crippen LogP contribution in [0.2, 0.25) is 0 Å². The molecule has 2 N–H and O–H groups in total. The number of benzene rings is 1. The summed E-state index contributed by atoms with van der Waals surface area (Å²) < 4.78 is 1.98. The second-order valence-corrected chi connectivity index (χ2v) is 7.43. The summed E-state index contributed by atoms with van der Waals surface area (Å²) >= 11 is 0. The van der Waals surface area contributed by atoms with Crippen LogP contribution in [0.3, 0.4) is 0 Å². The van der Waals surface area contributed by atoms with E-state index in [9.17, 15) is 0 Å². The second-order valence-electron chi connectivity index (χ2n) is 7.43. The monoisotopic (exact) mass is 391 g/mol. The number of aromatic nitrogens is 3. The van der Waals surface area contributed by atoms with Gasteiger partial charge >= 0.3 is 0 Å². The molecule has 0 atom stereocenters. The van der Waals surface area contributed by atoms with Gasteiger partial charge in [-0.05, 0) is 49.2 Å². The van der Waals surface area contributed by atoms with Crippen LogP contribution in [0.1, 0.15) is 36.2 Å². The highest BCUT2D eigenvalue weighted by molar-refractivity contribution is 5.79. The molecule has 7 nitrogen and oxygen atoms in total. The molecule has 0 saturated carbocycles. The molecule has 0 spiro atoms. The second kappa shape index (κ2) is 9.52. The number of hydrogen-bond acceptors (Lipinski definition) is 4. The minimum atomic E-state index is 0.556. The molecule has 29 heavy (non-hydrogen) atoms. The van der Waals surface area contributed by atoms with Crippen molar-refractivity contribution >= 4 is 11.6 Å². The lowest BCUT2D eigenvalue weighted by Gasteiger charge is -2.27. The zero-order valence-corrected chi connectivity index (χ0v) is 17.0. The van der Waals surface area contributed by atoms with E-state index in [1.807, 2.05) is 28.8 Å². The summed E-state index contributed by atoms with van der Waals surface area (Å²) in [5.41, 5.74) is 3.55. The van der Waals surface area contributed by atoms with Crippen LogP contribution in [-0.4, -0.2) is 45.6 Å². The first-order valence-electron chi connectivity index (χ1n) is 10.4. The van der Waals surface area contributed by atoms with Gasteiger partial charge in [-0.25, -0.2) is 0 Å². The van der Waals surface area contributed by atoms with Crippen molar-refractivity contribution in [3.8, 4) is 0 Å². The largest absolute Gasteiger partial charge is 0.352 e. The lowest BCUT2D eigenvalue weighted by atomic mass is 10.0. The molecule has 3 heterocycles. The van der Waals surface area contributed by atoms with Crippen LogP contribution in [0.5, 0.6) is 0 Å². The van der Waals surface area contributed by atoms with Gasteiger partial charge in [-0.1, -0.05) is 36.8 Å². The summed E-state index contributed by atoms with van der Waals surface area (Å²) in [4.78, 5) is 6.92. The summed E-state index contributed by atoms with van der Waals surface area (Å²) in [5.74, 6) is 1.61. The van der Waals surface area contributed by atoms with Gasteiger partial charge in [0.05, 0.1) is 6.54 Å². The van der Waals surface area contributed by atoms with Gasteiger partial charge in [0.2, 0.25) is 0 Å². The van der Waals surface area contributed by atoms with Gasteiger partial charge in [0.15, 0.2) is 17.4 Å². The number of aliphatic imine (C=N–C) groups is 1. The van der Waals surface area contributed by atoms with Crippen molar-refractivity contribution in [3.05, 3.63) is 65.6 Å². The fourth-order valence-electron chi connectivity index (χ4n) is 3.82. The maximum absolute atomic E-state index is 4.35. The van der Waals surface area contributed by atoms with E-state index in [-0.39, 0.29) is 0 Å². The molecule has 0 amide bonds. The normalized spacial score (nSPS) is 15.6. The first-order chi connectivity index (χ1) is 14.3. The number of piperidine rings is 1. The molecule has 152 valence electrons. The average Bonchev–Trinajstić information content (AvgIpc) is 3.19. The number of guanidine groups is 1. The first kappa shape index (κ1) is 19.4. The van der Waals surface area contributed by atoms with Crippen LogP contribution >= 0.6 is 0 Å². The molecule has 0 radical (unpaired) electrons. The van der Waals surface area contributed by atoms with Crippen LogP contribution in [-0.2, 0) is 19.6 Å². The fourth-order valence-corrected chi connectivity index (χ4v) is 3.82. The van der Waals surface area contributed by atoms with E-state index in [4.69, 9.17) is 0 Å². The number of rotatable bonds is 6. The number of likely N-dealkylation sites (tertiary alicyclic amines) is 1. The highest BCUT2D eigenvalue weighted by Crippen LogP contribution is 2.16. The smallest absolute Gasteiger partial charge is 0.191 e. The number of nitrogens with zero attached hydrogens (tertiary/aromatic N) is 5.